The van der Waals surface area contributed by atoms with Crippen molar-refractivity contribution in [2.45, 2.75) is 6.92 Å². The van der Waals surface area contributed by atoms with E-state index in [1.54, 1.807) is 13.0 Å². The van der Waals surface area contributed by atoms with Crippen LogP contribution >= 0.6 is 0 Å². The van der Waals surface area contributed by atoms with Gasteiger partial charge < -0.3 is 4.18 Å². The van der Waals surface area contributed by atoms with Gasteiger partial charge in [0.1, 0.15) is 6.26 Å². The molecule has 0 radical (unpaired) electrons. The third-order valence-electron chi connectivity index (χ3n) is 2.80. The summed E-state index contributed by atoms with van der Waals surface area (Å²) in [6.07, 6.45) is 2.78. The summed E-state index contributed by atoms with van der Waals surface area (Å²) in [5.74, 6) is 0. The zero-order valence-corrected chi connectivity index (χ0v) is 12.5. The molecular formula is C17H17NaO3S. The average Bonchev–Trinajstić information content (AvgIpc) is 2.48. The van der Waals surface area contributed by atoms with E-state index in [4.69, 9.17) is 4.18 Å². The summed E-state index contributed by atoms with van der Waals surface area (Å²) in [5.41, 5.74) is 2.34. The topological polar surface area (TPSA) is 43.4 Å². The molecule has 0 aromatic heterocycles. The van der Waals surface area contributed by atoms with E-state index < -0.39 is 10.1 Å². The third kappa shape index (κ3) is 6.20. The van der Waals surface area contributed by atoms with Crippen LogP contribution in [-0.4, -0.2) is 38.0 Å². The molecule has 5 heteroatoms. The Kier molecular flexibility index (Phi) is 7.62. The molecule has 0 atom stereocenters. The Morgan fingerprint density at radius 2 is 1.50 bits per heavy atom. The van der Waals surface area contributed by atoms with Crippen molar-refractivity contribution >= 4 is 51.3 Å². The first-order chi connectivity index (χ1) is 10.1. The van der Waals surface area contributed by atoms with Crippen LogP contribution in [0.25, 0.3) is 11.6 Å². The Hall–Kier alpha value is -1.33. The van der Waals surface area contributed by atoms with Crippen molar-refractivity contribution in [1.29, 1.82) is 0 Å². The van der Waals surface area contributed by atoms with Crippen molar-refractivity contribution in [2.75, 3.05) is 0 Å². The fourth-order valence-corrected chi connectivity index (χ4v) is 2.60. The van der Waals surface area contributed by atoms with Gasteiger partial charge in [-0.3, -0.25) is 0 Å². The van der Waals surface area contributed by atoms with E-state index >= 15 is 0 Å². The molecule has 22 heavy (non-hydrogen) atoms. The van der Waals surface area contributed by atoms with Gasteiger partial charge in [0.05, 0.1) is 5.41 Å². The number of benzene rings is 2. The van der Waals surface area contributed by atoms with Gasteiger partial charge in [0.15, 0.2) is 0 Å². The van der Waals surface area contributed by atoms with Crippen LogP contribution in [0.3, 0.4) is 0 Å². The molecule has 0 heterocycles. The molecule has 0 saturated carbocycles. The summed E-state index contributed by atoms with van der Waals surface area (Å²) in [6.45, 7) is 1.73. The number of hydrogen-bond acceptors (Lipinski definition) is 3. The van der Waals surface area contributed by atoms with Gasteiger partial charge in [0, 0.05) is 0 Å². The second kappa shape index (κ2) is 8.96. The molecule has 0 aliphatic heterocycles. The zero-order chi connectivity index (χ0) is 15.1. The summed E-state index contributed by atoms with van der Waals surface area (Å²) >= 11 is 0. The van der Waals surface area contributed by atoms with E-state index in [0.717, 1.165) is 16.5 Å². The SMILES string of the molecule is CC(=CS(=O)(=O)OC=Cc1ccccc1)c1ccccc1.[NaH]. The molecule has 0 saturated heterocycles. The van der Waals surface area contributed by atoms with Crippen LogP contribution in [0.2, 0.25) is 0 Å². The van der Waals surface area contributed by atoms with Crippen LogP contribution in [0.5, 0.6) is 0 Å². The van der Waals surface area contributed by atoms with Crippen LogP contribution < -0.4 is 0 Å². The first-order valence-corrected chi connectivity index (χ1v) is 7.92. The van der Waals surface area contributed by atoms with Gasteiger partial charge in [-0.25, -0.2) is 0 Å². The fraction of sp³-hybridized carbons (Fsp3) is 0.0588. The second-order valence-electron chi connectivity index (χ2n) is 4.47. The van der Waals surface area contributed by atoms with Gasteiger partial charge in [-0.2, -0.15) is 8.42 Å². The molecule has 0 aliphatic rings. The normalized spacial score (nSPS) is 12.0. The molecule has 2 aromatic rings. The molecule has 2 aromatic carbocycles. The standard InChI is InChI=1S/C17H16O3S.Na.H/c1-15(17-10-6-3-7-11-17)14-21(18,19)20-13-12-16-8-4-2-5-9-16;;/h2-14H,1H3;;. The van der Waals surface area contributed by atoms with Crippen molar-refractivity contribution in [1.82, 2.24) is 0 Å². The van der Waals surface area contributed by atoms with Crippen LogP contribution in [0.15, 0.2) is 72.3 Å². The molecule has 0 amide bonds. The Morgan fingerprint density at radius 3 is 2.09 bits per heavy atom. The quantitative estimate of drug-likeness (QED) is 0.481. The van der Waals surface area contributed by atoms with Gasteiger partial charge in [-0.15, -0.1) is 0 Å². The van der Waals surface area contributed by atoms with E-state index in [1.807, 2.05) is 60.7 Å². The zero-order valence-electron chi connectivity index (χ0n) is 11.6. The first kappa shape index (κ1) is 18.7. The number of allylic oxidation sites excluding steroid dienone is 1. The molecule has 0 N–H and O–H groups in total. The van der Waals surface area contributed by atoms with Crippen LogP contribution in [0.4, 0.5) is 0 Å². The van der Waals surface area contributed by atoms with Crippen LogP contribution in [-0.2, 0) is 14.3 Å². The third-order valence-corrected chi connectivity index (χ3v) is 3.82. The van der Waals surface area contributed by atoms with E-state index in [0.29, 0.717) is 5.57 Å². The number of rotatable bonds is 5. The summed E-state index contributed by atoms with van der Waals surface area (Å²) in [5, 5.41) is 1.12. The number of hydrogen-bond donors (Lipinski definition) is 0. The maximum absolute atomic E-state index is 11.9. The van der Waals surface area contributed by atoms with E-state index in [9.17, 15) is 8.42 Å². The molecule has 0 bridgehead atoms. The predicted octanol–water partition coefficient (Wildman–Crippen LogP) is 3.42. The van der Waals surface area contributed by atoms with Crippen LogP contribution in [0, 0.1) is 0 Å². The Labute approximate surface area is 153 Å². The maximum atomic E-state index is 11.9. The Morgan fingerprint density at radius 1 is 0.955 bits per heavy atom. The van der Waals surface area contributed by atoms with E-state index in [-0.39, 0.29) is 29.6 Å². The van der Waals surface area contributed by atoms with Crippen molar-refractivity contribution in [2.24, 2.45) is 0 Å². The van der Waals surface area contributed by atoms with Gasteiger partial charge in [-0.05, 0) is 29.7 Å². The molecule has 0 unspecified atom stereocenters. The molecule has 0 spiro atoms. The second-order valence-corrected chi connectivity index (χ2v) is 5.88. The minimum absolute atomic E-state index is 0. The monoisotopic (exact) mass is 324 g/mol. The van der Waals surface area contributed by atoms with Gasteiger partial charge in [0.25, 0.3) is 0 Å². The van der Waals surface area contributed by atoms with Gasteiger partial charge in [0.2, 0.25) is 0 Å². The Balaban J connectivity index is 0.00000242. The molecule has 0 fully saturated rings. The van der Waals surface area contributed by atoms with Crippen molar-refractivity contribution in [3.05, 3.63) is 83.5 Å². The molecule has 3 nitrogen and oxygen atoms in total. The van der Waals surface area contributed by atoms with Crippen molar-refractivity contribution in [3.63, 3.8) is 0 Å². The summed E-state index contributed by atoms with van der Waals surface area (Å²) in [7, 11) is -3.75. The van der Waals surface area contributed by atoms with E-state index in [1.165, 1.54) is 6.26 Å². The average molecular weight is 324 g/mol. The predicted molar refractivity (Wildman–Crippen MR) is 92.7 cm³/mol. The Bertz CT molecular complexity index is 736. The molecule has 0 aliphatic carbocycles. The fourth-order valence-electron chi connectivity index (χ4n) is 1.76. The summed E-state index contributed by atoms with van der Waals surface area (Å²) < 4.78 is 28.6. The summed E-state index contributed by atoms with van der Waals surface area (Å²) in [4.78, 5) is 0. The van der Waals surface area contributed by atoms with E-state index in [2.05, 4.69) is 0 Å². The molecular weight excluding hydrogens is 307 g/mol. The van der Waals surface area contributed by atoms with Gasteiger partial charge >= 0.3 is 39.7 Å². The van der Waals surface area contributed by atoms with Crippen LogP contribution in [0.1, 0.15) is 18.1 Å². The summed E-state index contributed by atoms with van der Waals surface area (Å²) in [6, 6.07) is 18.6. The minimum atomic E-state index is -3.75. The molecule has 110 valence electrons. The van der Waals surface area contributed by atoms with Crippen molar-refractivity contribution < 1.29 is 12.6 Å². The first-order valence-electron chi connectivity index (χ1n) is 6.45. The van der Waals surface area contributed by atoms with Crippen molar-refractivity contribution in [3.8, 4) is 0 Å². The van der Waals surface area contributed by atoms with Gasteiger partial charge in [-0.1, -0.05) is 60.7 Å². The molecule has 2 rings (SSSR count).